The van der Waals surface area contributed by atoms with Crippen LogP contribution >= 0.6 is 0 Å². The van der Waals surface area contributed by atoms with Gasteiger partial charge in [-0.25, -0.2) is 17.6 Å². The number of amides is 1. The number of carbonyl (C=O) groups is 1. The number of anilines is 1. The molecule has 252 valence electrons. The predicted molar refractivity (Wildman–Crippen MR) is 174 cm³/mol. The molecule has 3 aromatic carbocycles. The molecule has 48 heavy (non-hydrogen) atoms. The normalized spacial score (nSPS) is 27.6. The van der Waals surface area contributed by atoms with Gasteiger partial charge in [0.15, 0.2) is 12.0 Å². The highest BCUT2D eigenvalue weighted by Crippen LogP contribution is 2.43. The molecular weight excluding hydrogens is 626 g/mol. The van der Waals surface area contributed by atoms with Gasteiger partial charge >= 0.3 is 6.01 Å². The molecule has 2 N–H and O–H groups in total. The van der Waals surface area contributed by atoms with Gasteiger partial charge in [-0.15, -0.1) is 0 Å². The molecule has 8 nitrogen and oxygen atoms in total. The third-order valence-electron chi connectivity index (χ3n) is 10.8. The summed E-state index contributed by atoms with van der Waals surface area (Å²) in [5, 5.41) is 14.7. The van der Waals surface area contributed by atoms with E-state index in [-0.39, 0.29) is 60.0 Å². The van der Waals surface area contributed by atoms with E-state index >= 15 is 13.2 Å². The molecule has 3 saturated heterocycles. The number of aromatic nitrogens is 2. The van der Waals surface area contributed by atoms with E-state index in [0.717, 1.165) is 19.4 Å². The first kappa shape index (κ1) is 31.1. The van der Waals surface area contributed by atoms with Crippen LogP contribution in [0.5, 0.6) is 11.8 Å². The molecule has 4 atom stereocenters. The molecule has 0 aliphatic carbocycles. The van der Waals surface area contributed by atoms with Crippen molar-refractivity contribution in [2.75, 3.05) is 37.7 Å². The second-order valence-electron chi connectivity index (χ2n) is 14.2. The van der Waals surface area contributed by atoms with Crippen molar-refractivity contribution in [3.05, 3.63) is 53.6 Å². The van der Waals surface area contributed by atoms with Crippen molar-refractivity contribution in [1.29, 1.82) is 0 Å². The zero-order valence-corrected chi connectivity index (χ0v) is 26.7. The Bertz CT molecular complexity index is 1960. The van der Waals surface area contributed by atoms with Gasteiger partial charge in [0.05, 0.1) is 11.1 Å². The number of nitrogens with one attached hydrogen (secondary N) is 1. The van der Waals surface area contributed by atoms with Gasteiger partial charge in [-0.2, -0.15) is 9.97 Å². The summed E-state index contributed by atoms with van der Waals surface area (Å²) in [7, 11) is 0. The Kier molecular flexibility index (Phi) is 7.43. The minimum atomic E-state index is -1.91. The number of ether oxygens (including phenoxy) is 1. The van der Waals surface area contributed by atoms with Crippen LogP contribution in [0.1, 0.15) is 51.0 Å². The van der Waals surface area contributed by atoms with Gasteiger partial charge in [-0.05, 0) is 98.2 Å². The van der Waals surface area contributed by atoms with Crippen molar-refractivity contribution in [3.63, 3.8) is 0 Å². The average Bonchev–Trinajstić information content (AvgIpc) is 3.58. The number of phenolic OH excluding ortho intramolecular Hbond substituents is 1. The van der Waals surface area contributed by atoms with Crippen LogP contribution in [0.25, 0.3) is 32.8 Å². The maximum atomic E-state index is 17.0. The number of aryl methyl sites for hydroxylation is 1. The fraction of sp³-hybridized carbons (Fsp3) is 0.472. The third-order valence-corrected chi connectivity index (χ3v) is 10.8. The van der Waals surface area contributed by atoms with Gasteiger partial charge in [0, 0.05) is 37.0 Å². The monoisotopic (exact) mass is 663 g/mol. The van der Waals surface area contributed by atoms with E-state index in [0.29, 0.717) is 54.3 Å². The van der Waals surface area contributed by atoms with E-state index in [4.69, 9.17) is 9.72 Å². The number of piperidine rings is 1. The Morgan fingerprint density at radius 3 is 2.75 bits per heavy atom. The third kappa shape index (κ3) is 5.19. The maximum absolute atomic E-state index is 17.0. The molecule has 0 radical (unpaired) electrons. The zero-order chi connectivity index (χ0) is 33.4. The summed E-state index contributed by atoms with van der Waals surface area (Å²) in [6.07, 6.45) is -0.00118. The second-order valence-corrected chi connectivity index (χ2v) is 14.2. The van der Waals surface area contributed by atoms with Gasteiger partial charge in [-0.3, -0.25) is 9.69 Å². The summed E-state index contributed by atoms with van der Waals surface area (Å²) < 4.78 is 68.7. The SMILES string of the molecule is C[C@@]12CCCN(C1)c1nc(OC[C@@]34CCCN3C[C@H](F)C4)nc3c(F)c(ccc13)-c1cc(O)cc3ccc(F)c(c13)CCC(F)C(=O)N2. The number of aromatic hydroxyl groups is 1. The number of nitrogens with zero attached hydrogens (tertiary/aromatic N) is 4. The minimum Gasteiger partial charge on any atom is -0.508 e. The molecule has 5 aliphatic heterocycles. The van der Waals surface area contributed by atoms with Gasteiger partial charge in [0.2, 0.25) is 0 Å². The Balaban J connectivity index is 1.33. The van der Waals surface area contributed by atoms with Crippen molar-refractivity contribution in [3.8, 4) is 22.9 Å². The molecule has 4 aromatic rings. The standard InChI is InChI=1S/C36H37F4N5O3/c1-35-10-2-12-44(18-35)32-25-6-5-23(30(40)31(25)41-34(42-32)48-19-36-11-3-13-45(36)17-21(37)16-36)26-15-22(46)14-20-4-8-27(38)24(29(20)26)7-9-28(39)33(47)43-35/h4-6,8,14-15,21,28,46H,2-3,7,9-13,16-19H2,1H3,(H,43,47)/t21-,28?,35-,36+/m1/s1. The molecule has 9 rings (SSSR count). The summed E-state index contributed by atoms with van der Waals surface area (Å²) in [5.74, 6) is -1.87. The predicted octanol–water partition coefficient (Wildman–Crippen LogP) is 6.15. The summed E-state index contributed by atoms with van der Waals surface area (Å²) in [6.45, 7) is 3.93. The van der Waals surface area contributed by atoms with E-state index in [9.17, 15) is 14.3 Å². The Labute approximate surface area is 275 Å². The second kappa shape index (κ2) is 11.5. The first-order chi connectivity index (χ1) is 23.0. The highest BCUT2D eigenvalue weighted by molar-refractivity contribution is 6.03. The lowest BCUT2D eigenvalue weighted by Crippen LogP contribution is -2.58. The van der Waals surface area contributed by atoms with Gasteiger partial charge < -0.3 is 20.1 Å². The molecule has 0 spiro atoms. The van der Waals surface area contributed by atoms with Crippen LogP contribution in [-0.2, 0) is 11.2 Å². The molecule has 5 aliphatic rings. The van der Waals surface area contributed by atoms with Crippen LogP contribution in [0.15, 0.2) is 36.4 Å². The fourth-order valence-corrected chi connectivity index (χ4v) is 8.54. The lowest BCUT2D eigenvalue weighted by molar-refractivity contribution is -0.128. The van der Waals surface area contributed by atoms with Crippen molar-refractivity contribution in [1.82, 2.24) is 20.2 Å². The van der Waals surface area contributed by atoms with E-state index in [1.165, 1.54) is 24.3 Å². The molecule has 1 aromatic heterocycles. The summed E-state index contributed by atoms with van der Waals surface area (Å²) in [4.78, 5) is 26.6. The molecular formula is C36H37F4N5O3. The number of carbonyl (C=O) groups excluding carboxylic acids is 1. The lowest BCUT2D eigenvalue weighted by Gasteiger charge is -2.42. The first-order valence-corrected chi connectivity index (χ1v) is 16.7. The van der Waals surface area contributed by atoms with Crippen LogP contribution in [0.2, 0.25) is 0 Å². The van der Waals surface area contributed by atoms with Crippen LogP contribution in [0.3, 0.4) is 0 Å². The molecule has 6 bridgehead atoms. The zero-order valence-electron chi connectivity index (χ0n) is 26.7. The van der Waals surface area contributed by atoms with Crippen molar-refractivity contribution in [2.45, 2.75) is 75.3 Å². The van der Waals surface area contributed by atoms with E-state index < -0.39 is 41.0 Å². The molecule has 6 heterocycles. The number of fused-ring (bicyclic) bond motifs is 6. The van der Waals surface area contributed by atoms with Crippen LogP contribution in [-0.4, -0.2) is 82.1 Å². The number of hydrogen-bond acceptors (Lipinski definition) is 7. The Morgan fingerprint density at radius 2 is 1.90 bits per heavy atom. The first-order valence-electron chi connectivity index (χ1n) is 16.7. The highest BCUT2D eigenvalue weighted by Gasteiger charge is 2.49. The van der Waals surface area contributed by atoms with Gasteiger partial charge in [-0.1, -0.05) is 12.1 Å². The van der Waals surface area contributed by atoms with Gasteiger partial charge in [0.1, 0.15) is 35.7 Å². The molecule has 12 heteroatoms. The van der Waals surface area contributed by atoms with Crippen molar-refractivity contribution < 1.29 is 32.2 Å². The summed E-state index contributed by atoms with van der Waals surface area (Å²) >= 11 is 0. The number of phenols is 1. The Morgan fingerprint density at radius 1 is 1.06 bits per heavy atom. The number of alkyl halides is 2. The van der Waals surface area contributed by atoms with E-state index in [2.05, 4.69) is 15.2 Å². The quantitative estimate of drug-likeness (QED) is 0.254. The largest absolute Gasteiger partial charge is 0.508 e. The minimum absolute atomic E-state index is 0.0234. The van der Waals surface area contributed by atoms with Crippen LogP contribution < -0.4 is 15.0 Å². The smallest absolute Gasteiger partial charge is 0.319 e. The fourth-order valence-electron chi connectivity index (χ4n) is 8.54. The topological polar surface area (TPSA) is 90.8 Å². The number of benzene rings is 3. The lowest BCUT2D eigenvalue weighted by atomic mass is 9.89. The Hall–Kier alpha value is -4.19. The number of rotatable bonds is 3. The molecule has 3 fully saturated rings. The van der Waals surface area contributed by atoms with Crippen molar-refractivity contribution >= 4 is 33.4 Å². The van der Waals surface area contributed by atoms with Crippen molar-refractivity contribution in [2.24, 2.45) is 0 Å². The maximum Gasteiger partial charge on any atom is 0.319 e. The van der Waals surface area contributed by atoms with Crippen LogP contribution in [0.4, 0.5) is 23.4 Å². The summed E-state index contributed by atoms with van der Waals surface area (Å²) in [5.41, 5.74) is -0.942. The van der Waals surface area contributed by atoms with E-state index in [1.807, 2.05) is 11.8 Å². The summed E-state index contributed by atoms with van der Waals surface area (Å²) in [6, 6.07) is 8.71. The van der Waals surface area contributed by atoms with E-state index in [1.54, 1.807) is 12.1 Å². The van der Waals surface area contributed by atoms with Gasteiger partial charge in [0.25, 0.3) is 5.91 Å². The number of halogens is 4. The number of hydrogen-bond donors (Lipinski definition) is 2. The average molecular weight is 664 g/mol. The molecule has 1 unspecified atom stereocenters. The highest BCUT2D eigenvalue weighted by atomic mass is 19.1. The van der Waals surface area contributed by atoms with Crippen LogP contribution in [0, 0.1) is 11.6 Å². The molecule has 1 amide bonds. The molecule has 0 saturated carbocycles.